The van der Waals surface area contributed by atoms with E-state index in [1.807, 2.05) is 0 Å². The van der Waals surface area contributed by atoms with Gasteiger partial charge in [0, 0.05) is 17.9 Å². The predicted octanol–water partition coefficient (Wildman–Crippen LogP) is 1.45. The molecule has 0 aliphatic carbocycles. The van der Waals surface area contributed by atoms with Gasteiger partial charge >= 0.3 is 6.18 Å². The normalized spacial score (nSPS) is 12.8. The Morgan fingerprint density at radius 2 is 2.00 bits per heavy atom. The van der Waals surface area contributed by atoms with Crippen LogP contribution in [0.25, 0.3) is 0 Å². The molecule has 0 atom stereocenters. The fourth-order valence-corrected chi connectivity index (χ4v) is 2.42. The third-order valence-corrected chi connectivity index (χ3v) is 4.49. The maximum absolute atomic E-state index is 13.0. The second-order valence-electron chi connectivity index (χ2n) is 4.26. The van der Waals surface area contributed by atoms with E-state index in [1.165, 1.54) is 6.92 Å². The van der Waals surface area contributed by atoms with Gasteiger partial charge in [0.25, 0.3) is 0 Å². The first-order valence-corrected chi connectivity index (χ1v) is 8.06. The monoisotopic (exact) mass is 313 g/mol. The number of alkyl halides is 3. The first-order chi connectivity index (χ1) is 9.21. The molecule has 0 amide bonds. The number of hydrogen-bond acceptors (Lipinski definition) is 4. The predicted molar refractivity (Wildman–Crippen MR) is 68.9 cm³/mol. The molecule has 1 aromatic heterocycles. The van der Waals surface area contributed by atoms with Crippen molar-refractivity contribution in [1.29, 1.82) is 0 Å². The third-order valence-electron chi connectivity index (χ3n) is 2.80. The van der Waals surface area contributed by atoms with E-state index in [2.05, 4.69) is 10.4 Å². The van der Waals surface area contributed by atoms with Crippen molar-refractivity contribution in [3.05, 3.63) is 17.5 Å². The summed E-state index contributed by atoms with van der Waals surface area (Å²) < 4.78 is 62.6. The highest BCUT2D eigenvalue weighted by Crippen LogP contribution is 2.32. The van der Waals surface area contributed by atoms with Crippen LogP contribution in [0.15, 0.2) is 6.20 Å². The standard InChI is InChI=1S/C11H18F3N3O2S/c1-3-15-7-9-8-16-17(10(9)11(12,13)14)5-6-20(18,19)4-2/h8,15H,3-7H2,1-2H3. The van der Waals surface area contributed by atoms with Gasteiger partial charge in [-0.1, -0.05) is 13.8 Å². The van der Waals surface area contributed by atoms with Crippen LogP contribution in [-0.2, 0) is 29.1 Å². The van der Waals surface area contributed by atoms with Gasteiger partial charge in [-0.05, 0) is 6.54 Å². The van der Waals surface area contributed by atoms with E-state index >= 15 is 0 Å². The lowest BCUT2D eigenvalue weighted by Gasteiger charge is -2.13. The minimum absolute atomic E-state index is 0.0215. The van der Waals surface area contributed by atoms with Crippen molar-refractivity contribution in [3.8, 4) is 0 Å². The Morgan fingerprint density at radius 1 is 1.35 bits per heavy atom. The summed E-state index contributed by atoms with van der Waals surface area (Å²) in [5.74, 6) is -0.450. The molecule has 1 heterocycles. The highest BCUT2D eigenvalue weighted by Gasteiger charge is 2.38. The van der Waals surface area contributed by atoms with Gasteiger partial charge in [0.1, 0.15) is 5.69 Å². The van der Waals surface area contributed by atoms with Gasteiger partial charge in [-0.2, -0.15) is 18.3 Å². The fourth-order valence-electron chi connectivity index (χ4n) is 1.68. The van der Waals surface area contributed by atoms with E-state index in [4.69, 9.17) is 0 Å². The topological polar surface area (TPSA) is 64.0 Å². The number of sulfone groups is 1. The van der Waals surface area contributed by atoms with E-state index < -0.39 is 21.7 Å². The van der Waals surface area contributed by atoms with Crippen LogP contribution in [0.4, 0.5) is 13.2 Å². The molecule has 0 fully saturated rings. The van der Waals surface area contributed by atoms with E-state index in [1.54, 1.807) is 6.92 Å². The second-order valence-corrected chi connectivity index (χ2v) is 6.73. The first kappa shape index (κ1) is 17.0. The molecule has 116 valence electrons. The maximum atomic E-state index is 13.0. The zero-order valence-corrected chi connectivity index (χ0v) is 12.2. The molecule has 1 N–H and O–H groups in total. The highest BCUT2D eigenvalue weighted by atomic mass is 32.2. The quantitative estimate of drug-likeness (QED) is 0.827. The zero-order chi connectivity index (χ0) is 15.4. The van der Waals surface area contributed by atoms with Crippen molar-refractivity contribution in [2.75, 3.05) is 18.1 Å². The van der Waals surface area contributed by atoms with Crippen LogP contribution in [0, 0.1) is 0 Å². The van der Waals surface area contributed by atoms with E-state index in [9.17, 15) is 21.6 Å². The molecule has 9 heteroatoms. The van der Waals surface area contributed by atoms with Crippen LogP contribution in [0.3, 0.4) is 0 Å². The summed E-state index contributed by atoms with van der Waals surface area (Å²) in [4.78, 5) is 0. The van der Waals surface area contributed by atoms with Gasteiger partial charge < -0.3 is 5.32 Å². The van der Waals surface area contributed by atoms with Gasteiger partial charge in [-0.25, -0.2) is 8.42 Å². The summed E-state index contributed by atoms with van der Waals surface area (Å²) in [6.07, 6.45) is -3.43. The minimum Gasteiger partial charge on any atom is -0.313 e. The lowest BCUT2D eigenvalue weighted by atomic mass is 10.2. The van der Waals surface area contributed by atoms with Crippen molar-refractivity contribution >= 4 is 9.84 Å². The van der Waals surface area contributed by atoms with Crippen LogP contribution >= 0.6 is 0 Å². The molecule has 0 aliphatic heterocycles. The van der Waals surface area contributed by atoms with Crippen LogP contribution in [0.1, 0.15) is 25.1 Å². The number of halogens is 3. The number of hydrogen-bond donors (Lipinski definition) is 1. The molecule has 0 bridgehead atoms. The molecule has 1 aromatic rings. The summed E-state index contributed by atoms with van der Waals surface area (Å²) in [5.41, 5.74) is -0.863. The number of aromatic nitrogens is 2. The van der Waals surface area contributed by atoms with Crippen molar-refractivity contribution in [2.24, 2.45) is 0 Å². The van der Waals surface area contributed by atoms with Gasteiger partial charge in [-0.3, -0.25) is 4.68 Å². The molecule has 1 rings (SSSR count). The lowest BCUT2D eigenvalue weighted by molar-refractivity contribution is -0.144. The summed E-state index contributed by atoms with van der Waals surface area (Å²) in [7, 11) is -3.33. The molecule has 0 saturated heterocycles. The van der Waals surface area contributed by atoms with Gasteiger partial charge in [0.05, 0.1) is 18.5 Å². The molecular formula is C11H18F3N3O2S. The number of aryl methyl sites for hydroxylation is 1. The first-order valence-electron chi connectivity index (χ1n) is 6.24. The van der Waals surface area contributed by atoms with Crippen molar-refractivity contribution in [3.63, 3.8) is 0 Å². The number of rotatable bonds is 7. The molecule has 0 spiro atoms. The van der Waals surface area contributed by atoms with Crippen LogP contribution in [0.5, 0.6) is 0 Å². The summed E-state index contributed by atoms with van der Waals surface area (Å²) in [6.45, 7) is 3.53. The molecule has 0 radical (unpaired) electrons. The Balaban J connectivity index is 2.99. The number of nitrogens with one attached hydrogen (secondary N) is 1. The Morgan fingerprint density at radius 3 is 2.50 bits per heavy atom. The van der Waals surface area contributed by atoms with E-state index in [0.29, 0.717) is 6.54 Å². The Kier molecular flexibility index (Phi) is 5.58. The summed E-state index contributed by atoms with van der Waals surface area (Å²) >= 11 is 0. The van der Waals surface area contributed by atoms with Gasteiger partial charge in [0.15, 0.2) is 9.84 Å². The Bertz CT molecular complexity index is 538. The summed E-state index contributed by atoms with van der Waals surface area (Å²) in [5, 5.41) is 6.47. The lowest BCUT2D eigenvalue weighted by Crippen LogP contribution is -2.23. The Hall–Kier alpha value is -1.09. The van der Waals surface area contributed by atoms with Crippen molar-refractivity contribution in [1.82, 2.24) is 15.1 Å². The minimum atomic E-state index is -4.56. The molecule has 0 saturated carbocycles. The molecule has 0 aromatic carbocycles. The molecule has 0 unspecified atom stereocenters. The molecule has 20 heavy (non-hydrogen) atoms. The van der Waals surface area contributed by atoms with Crippen LogP contribution < -0.4 is 5.32 Å². The van der Waals surface area contributed by atoms with E-state index in [-0.39, 0.29) is 30.2 Å². The van der Waals surface area contributed by atoms with Gasteiger partial charge in [0.2, 0.25) is 0 Å². The Labute approximate surface area is 116 Å². The largest absolute Gasteiger partial charge is 0.433 e. The molecule has 5 nitrogen and oxygen atoms in total. The molecular weight excluding hydrogens is 295 g/mol. The third kappa shape index (κ3) is 4.48. The van der Waals surface area contributed by atoms with Crippen LogP contribution in [-0.4, -0.2) is 36.2 Å². The summed E-state index contributed by atoms with van der Waals surface area (Å²) in [6, 6.07) is 0. The fraction of sp³-hybridized carbons (Fsp3) is 0.727. The van der Waals surface area contributed by atoms with E-state index in [0.717, 1.165) is 10.9 Å². The average Bonchev–Trinajstić information content (AvgIpc) is 2.77. The highest BCUT2D eigenvalue weighted by molar-refractivity contribution is 7.91. The SMILES string of the molecule is CCNCc1cnn(CCS(=O)(=O)CC)c1C(F)(F)F. The number of nitrogens with zero attached hydrogens (tertiary/aromatic N) is 2. The molecule has 0 aliphatic rings. The average molecular weight is 313 g/mol. The van der Waals surface area contributed by atoms with Crippen molar-refractivity contribution in [2.45, 2.75) is 33.1 Å². The second kappa shape index (κ2) is 6.57. The van der Waals surface area contributed by atoms with Gasteiger partial charge in [-0.15, -0.1) is 0 Å². The maximum Gasteiger partial charge on any atom is 0.433 e. The van der Waals surface area contributed by atoms with Crippen LogP contribution in [0.2, 0.25) is 0 Å². The van der Waals surface area contributed by atoms with Crippen molar-refractivity contribution < 1.29 is 21.6 Å². The smallest absolute Gasteiger partial charge is 0.313 e. The zero-order valence-electron chi connectivity index (χ0n) is 11.4.